The molecular formula is C11H15N5O3S. The topological polar surface area (TPSA) is 102 Å². The van der Waals surface area contributed by atoms with E-state index in [2.05, 4.69) is 15.4 Å². The third-order valence-corrected chi connectivity index (χ3v) is 3.72. The number of carbonyl (C=O) groups excluding carboxylic acids is 1. The summed E-state index contributed by atoms with van der Waals surface area (Å²) in [7, 11) is 3.32. The molecule has 1 amide bonds. The Hall–Kier alpha value is -2.03. The van der Waals surface area contributed by atoms with E-state index >= 15 is 0 Å². The second kappa shape index (κ2) is 5.53. The van der Waals surface area contributed by atoms with Crippen LogP contribution in [0.1, 0.15) is 5.69 Å². The highest BCUT2D eigenvalue weighted by Gasteiger charge is 2.19. The quantitative estimate of drug-likeness (QED) is 0.753. The summed E-state index contributed by atoms with van der Waals surface area (Å²) in [4.78, 5) is 26.7. The van der Waals surface area contributed by atoms with Crippen molar-refractivity contribution in [3.8, 4) is 0 Å². The van der Waals surface area contributed by atoms with Gasteiger partial charge in [0, 0.05) is 14.1 Å². The van der Waals surface area contributed by atoms with E-state index in [9.17, 15) is 9.59 Å². The lowest BCUT2D eigenvalue weighted by Gasteiger charge is -2.07. The first kappa shape index (κ1) is 14.4. The summed E-state index contributed by atoms with van der Waals surface area (Å²) in [5.41, 5.74) is 2.14. The Kier molecular flexibility index (Phi) is 3.98. The van der Waals surface area contributed by atoms with E-state index in [-0.39, 0.29) is 18.2 Å². The van der Waals surface area contributed by atoms with Gasteiger partial charge in [-0.05, 0) is 6.92 Å². The van der Waals surface area contributed by atoms with Crippen LogP contribution in [-0.2, 0) is 23.2 Å². The van der Waals surface area contributed by atoms with Crippen molar-refractivity contribution in [2.75, 3.05) is 12.8 Å². The molecule has 2 rings (SSSR count). The number of nitrogens with zero attached hydrogens (tertiary/aromatic N) is 4. The van der Waals surface area contributed by atoms with E-state index < -0.39 is 5.97 Å². The lowest BCUT2D eigenvalue weighted by molar-refractivity contribution is -0.133. The van der Waals surface area contributed by atoms with Gasteiger partial charge in [0.05, 0.1) is 11.4 Å². The minimum absolute atomic E-state index is 0.0773. The molecule has 0 aliphatic rings. The molecule has 8 nitrogen and oxygen atoms in total. The number of carboxylic acid groups (broad SMARTS) is 1. The van der Waals surface area contributed by atoms with Crippen LogP contribution in [0.2, 0.25) is 0 Å². The van der Waals surface area contributed by atoms with Crippen molar-refractivity contribution in [1.29, 1.82) is 0 Å². The van der Waals surface area contributed by atoms with Gasteiger partial charge in [0.15, 0.2) is 10.8 Å². The molecule has 0 aliphatic carbocycles. The van der Waals surface area contributed by atoms with Crippen molar-refractivity contribution < 1.29 is 14.7 Å². The Labute approximate surface area is 119 Å². The van der Waals surface area contributed by atoms with E-state index in [0.717, 1.165) is 17.5 Å². The number of imidazole rings is 1. The normalized spacial score (nSPS) is 10.9. The largest absolute Gasteiger partial charge is 0.481 e. The molecule has 20 heavy (non-hydrogen) atoms. The number of aliphatic carboxylic acids is 1. The Bertz CT molecular complexity index is 675. The number of carboxylic acids is 1. The Morgan fingerprint density at radius 1 is 1.45 bits per heavy atom. The Balaban J connectivity index is 2.48. The molecule has 0 unspecified atom stereocenters. The third-order valence-electron chi connectivity index (χ3n) is 2.76. The van der Waals surface area contributed by atoms with Crippen molar-refractivity contribution in [3.63, 3.8) is 0 Å². The van der Waals surface area contributed by atoms with Gasteiger partial charge in [-0.2, -0.15) is 5.10 Å². The zero-order valence-electron chi connectivity index (χ0n) is 11.4. The first-order valence-corrected chi connectivity index (χ1v) is 6.87. The highest BCUT2D eigenvalue weighted by Crippen LogP contribution is 2.25. The monoisotopic (exact) mass is 297 g/mol. The number of aryl methyl sites for hydroxylation is 2. The predicted molar refractivity (Wildman–Crippen MR) is 73.7 cm³/mol. The SMILES string of the molecule is CNC(=O)Cn1c(SCC(=O)O)nc2c(C)nn(C)c21. The standard InChI is InChI=1S/C11H15N5O3S/c1-6-9-10(15(3)14-6)16(4-7(17)12-2)11(13-9)20-5-8(18)19/h4-5H2,1-3H3,(H,12,17)(H,18,19). The second-order valence-electron chi connectivity index (χ2n) is 4.22. The number of aromatic nitrogens is 4. The summed E-state index contributed by atoms with van der Waals surface area (Å²) < 4.78 is 3.33. The fraction of sp³-hybridized carbons (Fsp3) is 0.455. The number of rotatable bonds is 5. The molecule has 0 saturated carbocycles. The van der Waals surface area contributed by atoms with Crippen LogP contribution in [0.15, 0.2) is 5.16 Å². The average Bonchev–Trinajstić information content (AvgIpc) is 2.87. The maximum atomic E-state index is 11.6. The number of hydrogen-bond acceptors (Lipinski definition) is 5. The van der Waals surface area contributed by atoms with E-state index in [1.54, 1.807) is 23.3 Å². The maximum absolute atomic E-state index is 11.6. The van der Waals surface area contributed by atoms with Crippen LogP contribution in [0.4, 0.5) is 0 Å². The highest BCUT2D eigenvalue weighted by atomic mass is 32.2. The van der Waals surface area contributed by atoms with Crippen molar-refractivity contribution in [3.05, 3.63) is 5.69 Å². The average molecular weight is 297 g/mol. The first-order chi connectivity index (χ1) is 9.43. The fourth-order valence-corrected chi connectivity index (χ4v) is 2.63. The van der Waals surface area contributed by atoms with Crippen molar-refractivity contribution in [1.82, 2.24) is 24.6 Å². The number of fused-ring (bicyclic) bond motifs is 1. The summed E-state index contributed by atoms with van der Waals surface area (Å²) in [6.45, 7) is 1.90. The van der Waals surface area contributed by atoms with Crippen molar-refractivity contribution in [2.24, 2.45) is 7.05 Å². The zero-order valence-corrected chi connectivity index (χ0v) is 12.2. The van der Waals surface area contributed by atoms with Gasteiger partial charge in [0.2, 0.25) is 5.91 Å². The molecule has 0 bridgehead atoms. The second-order valence-corrected chi connectivity index (χ2v) is 5.16. The van der Waals surface area contributed by atoms with Gasteiger partial charge in [-0.1, -0.05) is 11.8 Å². The molecule has 0 atom stereocenters. The number of thioether (sulfide) groups is 1. The van der Waals surface area contributed by atoms with Gasteiger partial charge < -0.3 is 10.4 Å². The molecule has 2 heterocycles. The minimum atomic E-state index is -0.927. The third kappa shape index (κ3) is 2.62. The summed E-state index contributed by atoms with van der Waals surface area (Å²) in [6.07, 6.45) is 0. The van der Waals surface area contributed by atoms with Crippen molar-refractivity contribution >= 4 is 34.8 Å². The number of likely N-dealkylation sites (N-methyl/N-ethyl adjacent to an activating group) is 1. The molecule has 0 aliphatic heterocycles. The summed E-state index contributed by atoms with van der Waals surface area (Å²) in [6, 6.07) is 0. The van der Waals surface area contributed by atoms with Crippen LogP contribution in [0.25, 0.3) is 11.2 Å². The maximum Gasteiger partial charge on any atom is 0.313 e. The smallest absolute Gasteiger partial charge is 0.313 e. The van der Waals surface area contributed by atoms with Crippen LogP contribution >= 0.6 is 11.8 Å². The van der Waals surface area contributed by atoms with E-state index in [1.165, 1.54) is 0 Å². The van der Waals surface area contributed by atoms with Gasteiger partial charge in [-0.15, -0.1) is 0 Å². The Morgan fingerprint density at radius 3 is 2.75 bits per heavy atom. The lowest BCUT2D eigenvalue weighted by Crippen LogP contribution is -2.24. The fourth-order valence-electron chi connectivity index (χ4n) is 1.92. The minimum Gasteiger partial charge on any atom is -0.481 e. The number of hydrogen-bond donors (Lipinski definition) is 2. The highest BCUT2D eigenvalue weighted by molar-refractivity contribution is 7.99. The number of amides is 1. The van der Waals surface area contributed by atoms with Gasteiger partial charge >= 0.3 is 5.97 Å². The molecule has 2 N–H and O–H groups in total. The van der Waals surface area contributed by atoms with E-state index in [4.69, 9.17) is 5.11 Å². The van der Waals surface area contributed by atoms with Crippen LogP contribution in [0.5, 0.6) is 0 Å². The van der Waals surface area contributed by atoms with Gasteiger partial charge in [0.25, 0.3) is 0 Å². The van der Waals surface area contributed by atoms with Crippen LogP contribution < -0.4 is 5.32 Å². The number of carbonyl (C=O) groups is 2. The molecule has 0 fully saturated rings. The molecular weight excluding hydrogens is 282 g/mol. The van der Waals surface area contributed by atoms with Crippen LogP contribution in [-0.4, -0.2) is 49.1 Å². The van der Waals surface area contributed by atoms with Gasteiger partial charge in [-0.25, -0.2) is 4.98 Å². The summed E-state index contributed by atoms with van der Waals surface area (Å²) in [5.74, 6) is -1.22. The molecule has 2 aromatic rings. The summed E-state index contributed by atoms with van der Waals surface area (Å²) in [5, 5.41) is 16.1. The molecule has 0 spiro atoms. The van der Waals surface area contributed by atoms with Crippen LogP contribution in [0, 0.1) is 6.92 Å². The molecule has 0 saturated heterocycles. The molecule has 0 aromatic carbocycles. The van der Waals surface area contributed by atoms with E-state index in [1.807, 2.05) is 6.92 Å². The van der Waals surface area contributed by atoms with Crippen molar-refractivity contribution in [2.45, 2.75) is 18.6 Å². The Morgan fingerprint density at radius 2 is 2.15 bits per heavy atom. The molecule has 2 aromatic heterocycles. The van der Waals surface area contributed by atoms with E-state index in [0.29, 0.717) is 16.3 Å². The van der Waals surface area contributed by atoms with Crippen LogP contribution in [0.3, 0.4) is 0 Å². The molecule has 9 heteroatoms. The molecule has 108 valence electrons. The number of nitrogens with one attached hydrogen (secondary N) is 1. The lowest BCUT2D eigenvalue weighted by atomic mass is 10.4. The van der Waals surface area contributed by atoms with Gasteiger partial charge in [0.1, 0.15) is 12.1 Å². The molecule has 0 radical (unpaired) electrons. The van der Waals surface area contributed by atoms with Gasteiger partial charge in [-0.3, -0.25) is 18.8 Å². The summed E-state index contributed by atoms with van der Waals surface area (Å²) >= 11 is 1.09. The predicted octanol–water partition coefficient (Wildman–Crippen LogP) is 0.000920. The first-order valence-electron chi connectivity index (χ1n) is 5.89. The zero-order chi connectivity index (χ0) is 14.9.